The first-order chi connectivity index (χ1) is 8.93. The van der Waals surface area contributed by atoms with Gasteiger partial charge in [-0.3, -0.25) is 4.79 Å². The fourth-order valence-electron chi connectivity index (χ4n) is 1.84. The summed E-state index contributed by atoms with van der Waals surface area (Å²) in [5.41, 5.74) is 0.973. The molecule has 5 heteroatoms. The lowest BCUT2D eigenvalue weighted by Crippen LogP contribution is -2.34. The minimum atomic E-state index is 0.111. The van der Waals surface area contributed by atoms with Crippen molar-refractivity contribution in [1.82, 2.24) is 10.2 Å². The maximum absolute atomic E-state index is 12.0. The molecule has 0 aliphatic rings. The predicted molar refractivity (Wildman–Crippen MR) is 80.7 cm³/mol. The third kappa shape index (κ3) is 5.39. The van der Waals surface area contributed by atoms with Gasteiger partial charge in [-0.2, -0.15) is 0 Å². The monoisotopic (exact) mass is 302 g/mol. The van der Waals surface area contributed by atoms with E-state index in [4.69, 9.17) is 23.2 Å². The molecule has 1 rings (SSSR count). The molecule has 1 amide bonds. The minimum absolute atomic E-state index is 0.111. The molecule has 106 valence electrons. The molecular weight excluding hydrogens is 283 g/mol. The summed E-state index contributed by atoms with van der Waals surface area (Å²) in [6.07, 6.45) is 0.492. The molecule has 1 atom stereocenters. The number of nitrogens with one attached hydrogen (secondary N) is 1. The van der Waals surface area contributed by atoms with Crippen LogP contribution in [0.15, 0.2) is 18.2 Å². The first-order valence-corrected chi connectivity index (χ1v) is 7.11. The highest BCUT2D eigenvalue weighted by Crippen LogP contribution is 2.23. The van der Waals surface area contributed by atoms with Gasteiger partial charge in [-0.1, -0.05) is 36.2 Å². The Morgan fingerprint density at radius 2 is 2.05 bits per heavy atom. The van der Waals surface area contributed by atoms with Crippen molar-refractivity contribution in [1.29, 1.82) is 0 Å². The van der Waals surface area contributed by atoms with Gasteiger partial charge in [-0.05, 0) is 31.2 Å². The molecule has 0 bridgehead atoms. The van der Waals surface area contributed by atoms with Gasteiger partial charge in [0.05, 0.1) is 10.0 Å². The molecule has 1 aromatic carbocycles. The Kier molecular flexibility index (Phi) is 6.63. The number of rotatable bonds is 6. The normalized spacial score (nSPS) is 12.3. The average Bonchev–Trinajstić information content (AvgIpc) is 2.34. The lowest BCUT2D eigenvalue weighted by Gasteiger charge is -2.20. The highest BCUT2D eigenvalue weighted by atomic mass is 35.5. The molecule has 19 heavy (non-hydrogen) atoms. The van der Waals surface area contributed by atoms with Gasteiger partial charge in [0.25, 0.3) is 0 Å². The van der Waals surface area contributed by atoms with Crippen LogP contribution in [0.5, 0.6) is 0 Å². The van der Waals surface area contributed by atoms with Crippen molar-refractivity contribution < 1.29 is 4.79 Å². The van der Waals surface area contributed by atoms with E-state index in [1.54, 1.807) is 24.1 Å². The Morgan fingerprint density at radius 1 is 1.37 bits per heavy atom. The van der Waals surface area contributed by atoms with Crippen LogP contribution in [0.2, 0.25) is 10.0 Å². The Hall–Kier alpha value is -0.770. The highest BCUT2D eigenvalue weighted by Gasteiger charge is 2.13. The second-order valence-corrected chi connectivity index (χ2v) is 5.48. The van der Waals surface area contributed by atoms with Gasteiger partial charge in [0.2, 0.25) is 5.91 Å². The number of hydrogen-bond donors (Lipinski definition) is 1. The van der Waals surface area contributed by atoms with Gasteiger partial charge in [0.1, 0.15) is 0 Å². The molecule has 1 N–H and O–H groups in total. The number of benzene rings is 1. The van der Waals surface area contributed by atoms with Crippen molar-refractivity contribution in [3.8, 4) is 0 Å². The van der Waals surface area contributed by atoms with Crippen molar-refractivity contribution in [2.75, 3.05) is 13.6 Å². The lowest BCUT2D eigenvalue weighted by atomic mass is 10.2. The SMILES string of the molecule is CCNC(C)CC(=O)N(C)Cc1ccc(Cl)c(Cl)c1. The molecule has 0 fully saturated rings. The summed E-state index contributed by atoms with van der Waals surface area (Å²) < 4.78 is 0. The Balaban J connectivity index is 2.56. The molecule has 0 aromatic heterocycles. The van der Waals surface area contributed by atoms with Crippen molar-refractivity contribution in [3.63, 3.8) is 0 Å². The van der Waals surface area contributed by atoms with E-state index in [0.29, 0.717) is 23.0 Å². The fraction of sp³-hybridized carbons (Fsp3) is 0.500. The van der Waals surface area contributed by atoms with Crippen LogP contribution in [-0.2, 0) is 11.3 Å². The summed E-state index contributed by atoms with van der Waals surface area (Å²) in [4.78, 5) is 13.7. The van der Waals surface area contributed by atoms with Gasteiger partial charge < -0.3 is 10.2 Å². The van der Waals surface area contributed by atoms with E-state index in [1.807, 2.05) is 19.9 Å². The molecule has 1 aromatic rings. The van der Waals surface area contributed by atoms with Crippen molar-refractivity contribution in [2.24, 2.45) is 0 Å². The van der Waals surface area contributed by atoms with Gasteiger partial charge in [0.15, 0.2) is 0 Å². The fourth-order valence-corrected chi connectivity index (χ4v) is 2.16. The molecule has 0 saturated carbocycles. The summed E-state index contributed by atoms with van der Waals surface area (Å²) in [6, 6.07) is 5.61. The van der Waals surface area contributed by atoms with E-state index in [9.17, 15) is 4.79 Å². The molecular formula is C14H20Cl2N2O. The van der Waals surface area contributed by atoms with E-state index in [0.717, 1.165) is 12.1 Å². The van der Waals surface area contributed by atoms with Gasteiger partial charge in [0, 0.05) is 26.1 Å². The molecule has 1 unspecified atom stereocenters. The quantitative estimate of drug-likeness (QED) is 0.874. The van der Waals surface area contributed by atoms with Crippen LogP contribution in [-0.4, -0.2) is 30.4 Å². The maximum atomic E-state index is 12.0. The summed E-state index contributed by atoms with van der Waals surface area (Å²) in [5, 5.41) is 4.27. The van der Waals surface area contributed by atoms with E-state index in [2.05, 4.69) is 5.32 Å². The van der Waals surface area contributed by atoms with Crippen LogP contribution in [0.25, 0.3) is 0 Å². The number of carbonyl (C=O) groups excluding carboxylic acids is 1. The Morgan fingerprint density at radius 3 is 2.63 bits per heavy atom. The summed E-state index contributed by atoms with van der Waals surface area (Å²) in [6.45, 7) is 5.44. The van der Waals surface area contributed by atoms with Gasteiger partial charge >= 0.3 is 0 Å². The number of hydrogen-bond acceptors (Lipinski definition) is 2. The molecule has 0 aliphatic heterocycles. The van der Waals surface area contributed by atoms with Crippen LogP contribution in [0, 0.1) is 0 Å². The topological polar surface area (TPSA) is 32.3 Å². The average molecular weight is 303 g/mol. The first-order valence-electron chi connectivity index (χ1n) is 6.35. The largest absolute Gasteiger partial charge is 0.341 e. The summed E-state index contributed by atoms with van der Waals surface area (Å²) >= 11 is 11.8. The van der Waals surface area contributed by atoms with E-state index >= 15 is 0 Å². The second-order valence-electron chi connectivity index (χ2n) is 4.66. The molecule has 0 radical (unpaired) electrons. The van der Waals surface area contributed by atoms with Crippen LogP contribution >= 0.6 is 23.2 Å². The lowest BCUT2D eigenvalue weighted by molar-refractivity contribution is -0.130. The second kappa shape index (κ2) is 7.73. The number of halogens is 2. The van der Waals surface area contributed by atoms with Crippen molar-refractivity contribution in [2.45, 2.75) is 32.9 Å². The van der Waals surface area contributed by atoms with Crippen LogP contribution in [0.3, 0.4) is 0 Å². The Labute approximate surface area is 124 Å². The van der Waals surface area contributed by atoms with Crippen LogP contribution in [0.4, 0.5) is 0 Å². The first kappa shape index (κ1) is 16.3. The standard InChI is InChI=1S/C14H20Cl2N2O/c1-4-17-10(2)7-14(19)18(3)9-11-5-6-12(15)13(16)8-11/h5-6,8,10,17H,4,7,9H2,1-3H3. The van der Waals surface area contributed by atoms with E-state index < -0.39 is 0 Å². The number of nitrogens with zero attached hydrogens (tertiary/aromatic N) is 1. The third-order valence-corrected chi connectivity index (χ3v) is 3.60. The molecule has 0 saturated heterocycles. The minimum Gasteiger partial charge on any atom is -0.341 e. The zero-order chi connectivity index (χ0) is 14.4. The van der Waals surface area contributed by atoms with Crippen molar-refractivity contribution in [3.05, 3.63) is 33.8 Å². The summed E-state index contributed by atoms with van der Waals surface area (Å²) in [7, 11) is 1.80. The molecule has 0 spiro atoms. The highest BCUT2D eigenvalue weighted by molar-refractivity contribution is 6.42. The van der Waals surface area contributed by atoms with E-state index in [1.165, 1.54) is 0 Å². The number of amides is 1. The number of carbonyl (C=O) groups is 1. The third-order valence-electron chi connectivity index (χ3n) is 2.86. The molecule has 0 aliphatic carbocycles. The Bertz CT molecular complexity index is 437. The van der Waals surface area contributed by atoms with Gasteiger partial charge in [-0.25, -0.2) is 0 Å². The predicted octanol–water partition coefficient (Wildman–Crippen LogP) is 3.34. The van der Waals surface area contributed by atoms with E-state index in [-0.39, 0.29) is 11.9 Å². The van der Waals surface area contributed by atoms with Crippen LogP contribution in [0.1, 0.15) is 25.8 Å². The molecule has 0 heterocycles. The summed E-state index contributed by atoms with van der Waals surface area (Å²) in [5.74, 6) is 0.111. The van der Waals surface area contributed by atoms with Gasteiger partial charge in [-0.15, -0.1) is 0 Å². The van der Waals surface area contributed by atoms with Crippen LogP contribution < -0.4 is 5.32 Å². The smallest absolute Gasteiger partial charge is 0.224 e. The molecule has 3 nitrogen and oxygen atoms in total. The van der Waals surface area contributed by atoms with Crippen molar-refractivity contribution >= 4 is 29.1 Å². The zero-order valence-electron chi connectivity index (χ0n) is 11.5. The zero-order valence-corrected chi connectivity index (χ0v) is 13.1. The maximum Gasteiger partial charge on any atom is 0.224 e.